The number of aliphatic carboxylic acids is 1. The monoisotopic (exact) mass is 275 g/mol. The summed E-state index contributed by atoms with van der Waals surface area (Å²) in [6.07, 6.45) is 0. The Morgan fingerprint density at radius 3 is 1.40 bits per heavy atom. The molecule has 0 saturated heterocycles. The van der Waals surface area contributed by atoms with Gasteiger partial charge in [-0.2, -0.15) is 0 Å². The third-order valence-electron chi connectivity index (χ3n) is 0. The smallest absolute Gasteiger partial charge is 0.550 e. The van der Waals surface area contributed by atoms with E-state index in [1.807, 2.05) is 0 Å². The number of hydrogen-bond donors (Lipinski definition) is 0. The average Bonchev–Trinajstić information content (AvgIpc) is 1.25. The molecule has 0 N–H and O–H groups in total. The third kappa shape index (κ3) is 752. The zero-order valence-electron chi connectivity index (χ0n) is 5.40. The predicted molar refractivity (Wildman–Crippen MR) is 26.8 cm³/mol. The Morgan fingerprint density at radius 2 is 1.40 bits per heavy atom. The molecular formula is C2H3CaCdNO5. The molecule has 0 aliphatic heterocycles. The van der Waals surface area contributed by atoms with Crippen LogP contribution in [0.4, 0.5) is 0 Å². The maximum atomic E-state index is 8.89. The van der Waals surface area contributed by atoms with Gasteiger partial charge in [0.2, 0.25) is 0 Å². The van der Waals surface area contributed by atoms with Crippen LogP contribution >= 0.6 is 0 Å². The summed E-state index contributed by atoms with van der Waals surface area (Å²) in [6, 6.07) is 0. The van der Waals surface area contributed by atoms with E-state index in [9.17, 15) is 0 Å². The molecule has 0 unspecified atom stereocenters. The number of rotatable bonds is 0. The number of carbonyl (C=O) groups is 1. The molecule has 8 heteroatoms. The van der Waals surface area contributed by atoms with Gasteiger partial charge in [0.15, 0.2) is 0 Å². The van der Waals surface area contributed by atoms with Crippen LogP contribution in [0, 0.1) is 15.3 Å². The average molecular weight is 274 g/mol. The largest absolute Gasteiger partial charge is 2.00 e. The first-order chi connectivity index (χ1) is 3.46. The molecule has 0 bridgehead atoms. The number of hydrogen-bond acceptors (Lipinski definition) is 5. The van der Waals surface area contributed by atoms with Gasteiger partial charge in [0.05, 0.1) is 5.09 Å². The van der Waals surface area contributed by atoms with Crippen LogP contribution in [-0.2, 0) is 32.1 Å². The van der Waals surface area contributed by atoms with Crippen LogP contribution in [-0.4, -0.2) is 48.8 Å². The van der Waals surface area contributed by atoms with E-state index < -0.39 is 11.1 Å². The molecule has 6 nitrogen and oxygen atoms in total. The Labute approximate surface area is 107 Å². The van der Waals surface area contributed by atoms with Crippen molar-refractivity contribution in [2.24, 2.45) is 0 Å². The Hall–Kier alpha value is 0.852. The minimum absolute atomic E-state index is 0. The first-order valence-corrected chi connectivity index (χ1v) is 1.46. The molecule has 0 atom stereocenters. The van der Waals surface area contributed by atoms with Crippen LogP contribution in [0.3, 0.4) is 0 Å². The molecule has 0 spiro atoms. The molecule has 0 fully saturated rings. The van der Waals surface area contributed by atoms with Crippen molar-refractivity contribution in [3.05, 3.63) is 15.3 Å². The van der Waals surface area contributed by atoms with Crippen LogP contribution in [0.25, 0.3) is 0 Å². The van der Waals surface area contributed by atoms with Crippen molar-refractivity contribution in [3.63, 3.8) is 0 Å². The number of carboxylic acids is 1. The van der Waals surface area contributed by atoms with Crippen LogP contribution in [0.15, 0.2) is 0 Å². The summed E-state index contributed by atoms with van der Waals surface area (Å²) in [6.45, 7) is 0.972. The van der Waals surface area contributed by atoms with E-state index in [4.69, 9.17) is 25.2 Å². The maximum Gasteiger partial charge on any atom is 2.00 e. The second-order valence-electron chi connectivity index (χ2n) is 0.715. The van der Waals surface area contributed by atoms with Gasteiger partial charge >= 0.3 is 37.7 Å². The second-order valence-corrected chi connectivity index (χ2v) is 0.715. The predicted octanol–water partition coefficient (Wildman–Crippen LogP) is -1.87. The van der Waals surface area contributed by atoms with E-state index in [1.54, 1.807) is 0 Å². The van der Waals surface area contributed by atoms with Crippen molar-refractivity contribution in [1.82, 2.24) is 0 Å². The van der Waals surface area contributed by atoms with Crippen molar-refractivity contribution < 1.29 is 42.3 Å². The Kier molecular flexibility index (Phi) is 36.9. The molecule has 0 aliphatic rings. The van der Waals surface area contributed by atoms with Crippen LogP contribution in [0.1, 0.15) is 6.92 Å². The van der Waals surface area contributed by atoms with Gasteiger partial charge in [-0.05, 0) is 6.92 Å². The number of carbonyl (C=O) groups excluding carboxylic acids is 1. The summed E-state index contributed by atoms with van der Waals surface area (Å²) in [4.78, 5) is 17.1. The van der Waals surface area contributed by atoms with E-state index in [2.05, 4.69) is 0 Å². The molecule has 0 aromatic carbocycles. The van der Waals surface area contributed by atoms with Gasteiger partial charge in [0.1, 0.15) is 0 Å². The summed E-state index contributed by atoms with van der Waals surface area (Å²) in [5, 5.41) is 23.6. The quantitative estimate of drug-likeness (QED) is 0.292. The minimum Gasteiger partial charge on any atom is -0.550 e. The maximum absolute atomic E-state index is 8.89. The van der Waals surface area contributed by atoms with E-state index in [0.717, 1.165) is 6.92 Å². The Balaban J connectivity index is -0.0000000300. The van der Waals surface area contributed by atoms with Crippen molar-refractivity contribution in [2.45, 2.75) is 6.92 Å². The number of carboxylic acid groups (broad SMARTS) is 1. The summed E-state index contributed by atoms with van der Waals surface area (Å²) >= 11 is 0. The fraction of sp³-hybridized carbons (Fsp3) is 0.500. The summed E-state index contributed by atoms with van der Waals surface area (Å²) in [7, 11) is 0. The van der Waals surface area contributed by atoms with Gasteiger partial charge in [-0.15, -0.1) is 0 Å². The van der Waals surface area contributed by atoms with E-state index in [0.29, 0.717) is 0 Å². The third-order valence-corrected chi connectivity index (χ3v) is 0. The molecule has 0 radical (unpaired) electrons. The zero-order chi connectivity index (χ0) is 7.15. The van der Waals surface area contributed by atoms with Gasteiger partial charge in [-0.3, -0.25) is 0 Å². The molecule has 0 aliphatic carbocycles. The van der Waals surface area contributed by atoms with Gasteiger partial charge in [-0.1, -0.05) is 0 Å². The Morgan fingerprint density at radius 1 is 1.40 bits per heavy atom. The van der Waals surface area contributed by atoms with Gasteiger partial charge in [0, 0.05) is 33.3 Å². The standard InChI is InChI=1S/C2H4O2.Ca.Cd.NO3/c1-2(3)4;;;2-1(3)4/h1H3,(H,3,4);;;/q;+2;;-1/p-1. The molecular weight excluding hydrogens is 271 g/mol. The van der Waals surface area contributed by atoms with Crippen molar-refractivity contribution in [1.29, 1.82) is 0 Å². The fourth-order valence-electron chi connectivity index (χ4n) is 0. The molecule has 0 aromatic heterocycles. The first kappa shape index (κ1) is 22.4. The SMILES string of the molecule is CC(=O)[O-].O=[N+]([O-])[O-].[Ca+2].[Cd]. The molecule has 0 amide bonds. The second kappa shape index (κ2) is 16.4. The normalized spacial score (nSPS) is 4.90. The molecule has 50 valence electrons. The van der Waals surface area contributed by atoms with E-state index in [1.165, 1.54) is 0 Å². The zero-order valence-corrected chi connectivity index (χ0v) is 11.6. The molecule has 0 aromatic rings. The topological polar surface area (TPSA) is 106 Å². The Bertz CT molecular complexity index is 77.6. The van der Waals surface area contributed by atoms with Crippen LogP contribution in [0.5, 0.6) is 0 Å². The molecule has 0 heterocycles. The first-order valence-electron chi connectivity index (χ1n) is 1.46. The summed E-state index contributed by atoms with van der Waals surface area (Å²) in [5.41, 5.74) is 0. The molecule has 10 heavy (non-hydrogen) atoms. The van der Waals surface area contributed by atoms with Crippen LogP contribution in [0.2, 0.25) is 0 Å². The fourth-order valence-corrected chi connectivity index (χ4v) is 0. The van der Waals surface area contributed by atoms with Crippen molar-refractivity contribution in [2.75, 3.05) is 0 Å². The molecule has 0 saturated carbocycles. The van der Waals surface area contributed by atoms with Gasteiger partial charge < -0.3 is 25.2 Å². The van der Waals surface area contributed by atoms with Crippen molar-refractivity contribution >= 4 is 43.7 Å². The molecule has 0 rings (SSSR count). The van der Waals surface area contributed by atoms with E-state index >= 15 is 0 Å². The summed E-state index contributed by atoms with van der Waals surface area (Å²) in [5.74, 6) is -1.08. The van der Waals surface area contributed by atoms with E-state index in [-0.39, 0.29) is 65.0 Å². The minimum atomic E-state index is -1.75. The van der Waals surface area contributed by atoms with Gasteiger partial charge in [0.25, 0.3) is 0 Å². The van der Waals surface area contributed by atoms with Crippen molar-refractivity contribution in [3.8, 4) is 0 Å². The van der Waals surface area contributed by atoms with Gasteiger partial charge in [-0.25, -0.2) is 0 Å². The van der Waals surface area contributed by atoms with Crippen LogP contribution < -0.4 is 5.11 Å². The number of nitrogens with zero attached hydrogens (tertiary/aromatic N) is 1. The summed E-state index contributed by atoms with van der Waals surface area (Å²) < 4.78 is 0.